The summed E-state index contributed by atoms with van der Waals surface area (Å²) in [6.07, 6.45) is 11.4. The second-order valence-corrected chi connectivity index (χ2v) is 5.37. The first kappa shape index (κ1) is 11.6. The first-order chi connectivity index (χ1) is 8.80. The molecule has 18 heavy (non-hydrogen) atoms. The fourth-order valence-corrected chi connectivity index (χ4v) is 2.93. The van der Waals surface area contributed by atoms with Crippen molar-refractivity contribution < 1.29 is 4.79 Å². The van der Waals surface area contributed by atoms with Crippen LogP contribution in [0.5, 0.6) is 0 Å². The largest absolute Gasteiger partial charge is 0.338 e. The Morgan fingerprint density at radius 3 is 2.83 bits per heavy atom. The fraction of sp³-hybridized carbons (Fsp3) is 0.692. The Hall–Kier alpha value is -1.52. The molecule has 0 unspecified atom stereocenters. The molecule has 0 bridgehead atoms. The standard InChI is InChI=1S/C13H20N4O/c18-12(17-9-5-13(17)3-1-4-13)15-6-2-8-16-10-7-14-11-16/h7,10-11H,1-6,8-9H2,(H,15,18). The molecule has 98 valence electrons. The molecule has 1 N–H and O–H groups in total. The molecule has 1 aliphatic heterocycles. The van der Waals surface area contributed by atoms with E-state index in [0.717, 1.165) is 26.1 Å². The summed E-state index contributed by atoms with van der Waals surface area (Å²) in [4.78, 5) is 18.0. The number of urea groups is 1. The lowest BCUT2D eigenvalue weighted by molar-refractivity contribution is -0.0363. The quantitative estimate of drug-likeness (QED) is 0.823. The van der Waals surface area contributed by atoms with Crippen molar-refractivity contribution >= 4 is 6.03 Å². The number of aromatic nitrogens is 2. The smallest absolute Gasteiger partial charge is 0.317 e. The highest BCUT2D eigenvalue weighted by Gasteiger charge is 2.51. The van der Waals surface area contributed by atoms with Crippen molar-refractivity contribution in [1.29, 1.82) is 0 Å². The van der Waals surface area contributed by atoms with Gasteiger partial charge in [0.1, 0.15) is 0 Å². The monoisotopic (exact) mass is 248 g/mol. The van der Waals surface area contributed by atoms with E-state index in [1.54, 1.807) is 12.5 Å². The summed E-state index contributed by atoms with van der Waals surface area (Å²) in [5.41, 5.74) is 0.258. The predicted molar refractivity (Wildman–Crippen MR) is 68.1 cm³/mol. The minimum absolute atomic E-state index is 0.131. The van der Waals surface area contributed by atoms with Gasteiger partial charge >= 0.3 is 6.03 Å². The highest BCUT2D eigenvalue weighted by Crippen LogP contribution is 2.46. The van der Waals surface area contributed by atoms with E-state index in [4.69, 9.17) is 0 Å². The van der Waals surface area contributed by atoms with E-state index in [9.17, 15) is 4.79 Å². The van der Waals surface area contributed by atoms with E-state index in [2.05, 4.69) is 10.3 Å². The van der Waals surface area contributed by atoms with Crippen LogP contribution in [0.2, 0.25) is 0 Å². The minimum atomic E-state index is 0.131. The first-order valence-electron chi connectivity index (χ1n) is 6.81. The van der Waals surface area contributed by atoms with Gasteiger partial charge in [0.05, 0.1) is 6.33 Å². The molecule has 5 heteroatoms. The molecular weight excluding hydrogens is 228 g/mol. The summed E-state index contributed by atoms with van der Waals surface area (Å²) in [5, 5.41) is 3.02. The van der Waals surface area contributed by atoms with Crippen LogP contribution in [0.4, 0.5) is 4.79 Å². The van der Waals surface area contributed by atoms with E-state index < -0.39 is 0 Å². The average molecular weight is 248 g/mol. The Morgan fingerprint density at radius 2 is 2.28 bits per heavy atom. The molecule has 2 fully saturated rings. The van der Waals surface area contributed by atoms with Crippen LogP contribution in [-0.4, -0.2) is 39.1 Å². The molecule has 1 saturated heterocycles. The Bertz CT molecular complexity index is 405. The maximum atomic E-state index is 12.0. The number of hydrogen-bond donors (Lipinski definition) is 1. The lowest BCUT2D eigenvalue weighted by Crippen LogP contribution is -2.67. The Balaban J connectivity index is 1.37. The van der Waals surface area contributed by atoms with Gasteiger partial charge in [-0.1, -0.05) is 0 Å². The third-order valence-electron chi connectivity index (χ3n) is 4.33. The van der Waals surface area contributed by atoms with Crippen molar-refractivity contribution in [1.82, 2.24) is 19.8 Å². The lowest BCUT2D eigenvalue weighted by Gasteiger charge is -2.58. The molecule has 0 radical (unpaired) electrons. The lowest BCUT2D eigenvalue weighted by atomic mass is 9.68. The predicted octanol–water partition coefficient (Wildman–Crippen LogP) is 1.61. The van der Waals surface area contributed by atoms with Crippen LogP contribution < -0.4 is 5.32 Å². The zero-order valence-corrected chi connectivity index (χ0v) is 10.6. The summed E-state index contributed by atoms with van der Waals surface area (Å²) < 4.78 is 2.03. The van der Waals surface area contributed by atoms with Gasteiger partial charge in [0.25, 0.3) is 0 Å². The van der Waals surface area contributed by atoms with E-state index in [0.29, 0.717) is 0 Å². The third-order valence-corrected chi connectivity index (χ3v) is 4.33. The number of rotatable bonds is 4. The number of likely N-dealkylation sites (tertiary alicyclic amines) is 1. The van der Waals surface area contributed by atoms with Crippen LogP contribution in [0.1, 0.15) is 32.1 Å². The molecule has 0 atom stereocenters. The molecule has 1 saturated carbocycles. The SMILES string of the molecule is O=C(NCCCn1ccnc1)N1CCC12CCC2. The Kier molecular flexibility index (Phi) is 2.97. The third kappa shape index (κ3) is 1.98. The molecule has 1 spiro atoms. The molecule has 1 aliphatic carbocycles. The van der Waals surface area contributed by atoms with Gasteiger partial charge in [-0.2, -0.15) is 0 Å². The first-order valence-corrected chi connectivity index (χ1v) is 6.81. The fourth-order valence-electron chi connectivity index (χ4n) is 2.93. The summed E-state index contributed by atoms with van der Waals surface area (Å²) >= 11 is 0. The number of carbonyl (C=O) groups excluding carboxylic acids is 1. The molecule has 2 amide bonds. The number of imidazole rings is 1. The van der Waals surface area contributed by atoms with Gasteiger partial charge in [0.15, 0.2) is 0 Å². The van der Waals surface area contributed by atoms with Crippen LogP contribution in [0, 0.1) is 0 Å². The summed E-state index contributed by atoms with van der Waals surface area (Å²) in [5.74, 6) is 0. The van der Waals surface area contributed by atoms with Crippen molar-refractivity contribution in [3.8, 4) is 0 Å². The number of carbonyl (C=O) groups is 1. The van der Waals surface area contributed by atoms with Gasteiger partial charge in [-0.05, 0) is 32.1 Å². The van der Waals surface area contributed by atoms with Gasteiger partial charge in [-0.3, -0.25) is 0 Å². The van der Waals surface area contributed by atoms with Crippen molar-refractivity contribution in [2.45, 2.75) is 44.2 Å². The zero-order valence-electron chi connectivity index (χ0n) is 10.6. The maximum Gasteiger partial charge on any atom is 0.317 e. The van der Waals surface area contributed by atoms with Crippen LogP contribution in [0.15, 0.2) is 18.7 Å². The molecular formula is C13H20N4O. The summed E-state index contributed by atoms with van der Waals surface area (Å²) in [6, 6.07) is 0.131. The number of aryl methyl sites for hydroxylation is 1. The molecule has 2 aliphatic rings. The van der Waals surface area contributed by atoms with Gasteiger partial charge < -0.3 is 14.8 Å². The Labute approximate surface area is 107 Å². The van der Waals surface area contributed by atoms with E-state index in [1.807, 2.05) is 15.7 Å². The van der Waals surface area contributed by atoms with Crippen LogP contribution >= 0.6 is 0 Å². The highest BCUT2D eigenvalue weighted by atomic mass is 16.2. The molecule has 1 aromatic heterocycles. The number of amides is 2. The molecule has 2 heterocycles. The van der Waals surface area contributed by atoms with Crippen molar-refractivity contribution in [2.24, 2.45) is 0 Å². The second kappa shape index (κ2) is 4.63. The molecule has 1 aromatic rings. The van der Waals surface area contributed by atoms with Gasteiger partial charge in [0.2, 0.25) is 0 Å². The second-order valence-electron chi connectivity index (χ2n) is 5.37. The average Bonchev–Trinajstić information content (AvgIpc) is 2.73. The topological polar surface area (TPSA) is 50.2 Å². The maximum absolute atomic E-state index is 12.0. The van der Waals surface area contributed by atoms with E-state index in [-0.39, 0.29) is 11.6 Å². The molecule has 5 nitrogen and oxygen atoms in total. The van der Waals surface area contributed by atoms with Gasteiger partial charge in [0, 0.05) is 37.6 Å². The van der Waals surface area contributed by atoms with Crippen molar-refractivity contribution in [2.75, 3.05) is 13.1 Å². The van der Waals surface area contributed by atoms with Crippen molar-refractivity contribution in [3.05, 3.63) is 18.7 Å². The van der Waals surface area contributed by atoms with Crippen molar-refractivity contribution in [3.63, 3.8) is 0 Å². The molecule has 3 rings (SSSR count). The Morgan fingerprint density at radius 1 is 1.39 bits per heavy atom. The van der Waals surface area contributed by atoms with E-state index in [1.165, 1.54) is 25.7 Å². The number of nitrogens with one attached hydrogen (secondary N) is 1. The summed E-state index contributed by atoms with van der Waals surface area (Å²) in [7, 11) is 0. The van der Waals surface area contributed by atoms with E-state index >= 15 is 0 Å². The number of nitrogens with zero attached hydrogens (tertiary/aromatic N) is 3. The minimum Gasteiger partial charge on any atom is -0.338 e. The van der Waals surface area contributed by atoms with Gasteiger partial charge in [-0.15, -0.1) is 0 Å². The zero-order chi connectivity index (χ0) is 12.4. The molecule has 0 aromatic carbocycles. The summed E-state index contributed by atoms with van der Waals surface area (Å²) in [6.45, 7) is 2.59. The normalized spacial score (nSPS) is 20.3. The van der Waals surface area contributed by atoms with Crippen LogP contribution in [0.3, 0.4) is 0 Å². The van der Waals surface area contributed by atoms with Gasteiger partial charge in [-0.25, -0.2) is 9.78 Å². The van der Waals surface area contributed by atoms with Crippen LogP contribution in [0.25, 0.3) is 0 Å². The highest BCUT2D eigenvalue weighted by molar-refractivity contribution is 5.76. The number of hydrogen-bond acceptors (Lipinski definition) is 2. The van der Waals surface area contributed by atoms with Crippen LogP contribution in [-0.2, 0) is 6.54 Å².